The van der Waals surface area contributed by atoms with Gasteiger partial charge in [-0.05, 0) is 42.9 Å². The molecular weight excluding hydrogens is 186 g/mol. The summed E-state index contributed by atoms with van der Waals surface area (Å²) < 4.78 is 0. The van der Waals surface area contributed by atoms with E-state index in [-0.39, 0.29) is 11.8 Å². The number of fused-ring (bicyclic) bond motifs is 1. The molecule has 0 aromatic rings. The van der Waals surface area contributed by atoms with Crippen molar-refractivity contribution < 1.29 is 4.79 Å². The van der Waals surface area contributed by atoms with Crippen molar-refractivity contribution in [1.29, 1.82) is 0 Å². The van der Waals surface area contributed by atoms with Gasteiger partial charge in [0.2, 0.25) is 5.91 Å². The van der Waals surface area contributed by atoms with E-state index in [4.69, 9.17) is 5.73 Å². The van der Waals surface area contributed by atoms with Gasteiger partial charge in [0.15, 0.2) is 0 Å². The van der Waals surface area contributed by atoms with Crippen LogP contribution in [0.5, 0.6) is 0 Å². The molecule has 0 aromatic heterocycles. The van der Waals surface area contributed by atoms with Gasteiger partial charge in [-0.3, -0.25) is 4.79 Å². The first-order valence-corrected chi connectivity index (χ1v) is 6.51. The summed E-state index contributed by atoms with van der Waals surface area (Å²) in [5.41, 5.74) is 5.81. The van der Waals surface area contributed by atoms with Crippen molar-refractivity contribution in [3.05, 3.63) is 0 Å². The van der Waals surface area contributed by atoms with Crippen molar-refractivity contribution >= 4 is 5.91 Å². The molecule has 15 heavy (non-hydrogen) atoms. The minimum absolute atomic E-state index is 0.0377. The van der Waals surface area contributed by atoms with Crippen LogP contribution in [0.2, 0.25) is 0 Å². The zero-order chi connectivity index (χ0) is 10.5. The van der Waals surface area contributed by atoms with Crippen LogP contribution >= 0.6 is 0 Å². The van der Waals surface area contributed by atoms with E-state index < -0.39 is 0 Å². The molecule has 2 heteroatoms. The van der Waals surface area contributed by atoms with Crippen LogP contribution in [0.25, 0.3) is 0 Å². The van der Waals surface area contributed by atoms with Crippen LogP contribution < -0.4 is 5.73 Å². The molecule has 3 aliphatic rings. The third kappa shape index (κ3) is 1.49. The molecule has 0 radical (unpaired) electrons. The van der Waals surface area contributed by atoms with E-state index in [0.717, 1.165) is 18.3 Å². The monoisotopic (exact) mass is 207 g/mol. The molecule has 3 fully saturated rings. The van der Waals surface area contributed by atoms with Gasteiger partial charge in [-0.15, -0.1) is 0 Å². The van der Waals surface area contributed by atoms with E-state index in [1.54, 1.807) is 0 Å². The van der Waals surface area contributed by atoms with Crippen molar-refractivity contribution in [3.8, 4) is 0 Å². The second kappa shape index (κ2) is 3.23. The highest BCUT2D eigenvalue weighted by molar-refractivity contribution is 5.80. The molecule has 1 spiro atoms. The molecule has 0 saturated heterocycles. The minimum Gasteiger partial charge on any atom is -0.369 e. The summed E-state index contributed by atoms with van der Waals surface area (Å²) in [6.07, 6.45) is 10.8. The van der Waals surface area contributed by atoms with Crippen molar-refractivity contribution in [2.75, 3.05) is 0 Å². The average molecular weight is 207 g/mol. The summed E-state index contributed by atoms with van der Waals surface area (Å²) in [6.45, 7) is 0. The Labute approximate surface area is 91.6 Å². The van der Waals surface area contributed by atoms with Gasteiger partial charge in [0.1, 0.15) is 0 Å². The maximum Gasteiger partial charge on any atom is 0.221 e. The molecule has 0 aliphatic heterocycles. The number of carbonyl (C=O) groups is 1. The maximum absolute atomic E-state index is 11.2. The highest BCUT2D eigenvalue weighted by Gasteiger charge is 2.59. The fourth-order valence-electron chi connectivity index (χ4n) is 4.28. The third-order valence-electron chi connectivity index (χ3n) is 5.28. The summed E-state index contributed by atoms with van der Waals surface area (Å²) in [7, 11) is 0. The summed E-state index contributed by atoms with van der Waals surface area (Å²) >= 11 is 0. The lowest BCUT2D eigenvalue weighted by Crippen LogP contribution is -2.31. The Morgan fingerprint density at radius 3 is 2.47 bits per heavy atom. The fourth-order valence-corrected chi connectivity index (χ4v) is 4.28. The zero-order valence-electron chi connectivity index (χ0n) is 9.37. The summed E-state index contributed by atoms with van der Waals surface area (Å²) in [5.74, 6) is 2.11. The van der Waals surface area contributed by atoms with E-state index in [1.807, 2.05) is 0 Å². The fraction of sp³-hybridized carbons (Fsp3) is 0.923. The number of primary amides is 1. The molecule has 4 atom stereocenters. The summed E-state index contributed by atoms with van der Waals surface area (Å²) in [5, 5.41) is 0. The van der Waals surface area contributed by atoms with E-state index in [9.17, 15) is 4.79 Å². The van der Waals surface area contributed by atoms with Crippen LogP contribution in [-0.4, -0.2) is 5.91 Å². The molecule has 0 bridgehead atoms. The summed E-state index contributed by atoms with van der Waals surface area (Å²) in [4.78, 5) is 11.2. The molecule has 4 unspecified atom stereocenters. The second-order valence-corrected chi connectivity index (χ2v) is 6.07. The first-order valence-electron chi connectivity index (χ1n) is 6.51. The summed E-state index contributed by atoms with van der Waals surface area (Å²) in [6, 6.07) is 0. The Kier molecular flexibility index (Phi) is 2.08. The Balaban J connectivity index is 1.69. The van der Waals surface area contributed by atoms with Crippen molar-refractivity contribution in [1.82, 2.24) is 0 Å². The number of carbonyl (C=O) groups excluding carboxylic acids is 1. The Bertz CT molecular complexity index is 288. The van der Waals surface area contributed by atoms with Gasteiger partial charge >= 0.3 is 0 Å². The molecule has 84 valence electrons. The van der Waals surface area contributed by atoms with Gasteiger partial charge in [0.05, 0.1) is 0 Å². The van der Waals surface area contributed by atoms with Crippen molar-refractivity contribution in [2.24, 2.45) is 28.9 Å². The standard InChI is InChI=1S/C13H21NO/c14-12(15)11-8-13(11)6-5-9-3-1-2-4-10(9)7-13/h9-11H,1-8H2,(H2,14,15). The molecular formula is C13H21NO. The van der Waals surface area contributed by atoms with Crippen LogP contribution in [0, 0.1) is 23.2 Å². The van der Waals surface area contributed by atoms with Gasteiger partial charge in [0, 0.05) is 5.92 Å². The maximum atomic E-state index is 11.2. The third-order valence-corrected chi connectivity index (χ3v) is 5.28. The van der Waals surface area contributed by atoms with Crippen LogP contribution in [0.3, 0.4) is 0 Å². The lowest BCUT2D eigenvalue weighted by molar-refractivity contribution is -0.120. The quantitative estimate of drug-likeness (QED) is 0.705. The average Bonchev–Trinajstić information content (AvgIpc) is 2.92. The van der Waals surface area contributed by atoms with Crippen LogP contribution in [-0.2, 0) is 4.79 Å². The second-order valence-electron chi connectivity index (χ2n) is 6.07. The molecule has 0 aromatic carbocycles. The highest BCUT2D eigenvalue weighted by Crippen LogP contribution is 2.64. The topological polar surface area (TPSA) is 43.1 Å². The zero-order valence-corrected chi connectivity index (χ0v) is 9.37. The lowest BCUT2D eigenvalue weighted by Gasteiger charge is -2.40. The van der Waals surface area contributed by atoms with E-state index in [1.165, 1.54) is 44.9 Å². The molecule has 3 aliphatic carbocycles. The van der Waals surface area contributed by atoms with Gasteiger partial charge in [-0.25, -0.2) is 0 Å². The predicted octanol–water partition coefficient (Wildman–Crippen LogP) is 2.47. The Morgan fingerprint density at radius 1 is 1.07 bits per heavy atom. The smallest absolute Gasteiger partial charge is 0.221 e. The van der Waals surface area contributed by atoms with Gasteiger partial charge in [-0.2, -0.15) is 0 Å². The number of amides is 1. The van der Waals surface area contributed by atoms with Crippen molar-refractivity contribution in [2.45, 2.75) is 51.4 Å². The molecule has 1 amide bonds. The molecule has 0 heterocycles. The van der Waals surface area contributed by atoms with E-state index in [2.05, 4.69) is 0 Å². The number of nitrogens with two attached hydrogens (primary N) is 1. The molecule has 3 rings (SSSR count). The number of hydrogen-bond donors (Lipinski definition) is 1. The first kappa shape index (κ1) is 9.68. The highest BCUT2D eigenvalue weighted by atomic mass is 16.1. The largest absolute Gasteiger partial charge is 0.369 e. The van der Waals surface area contributed by atoms with E-state index in [0.29, 0.717) is 5.41 Å². The van der Waals surface area contributed by atoms with Gasteiger partial charge in [0.25, 0.3) is 0 Å². The Morgan fingerprint density at radius 2 is 1.80 bits per heavy atom. The van der Waals surface area contributed by atoms with Crippen LogP contribution in [0.15, 0.2) is 0 Å². The molecule has 3 saturated carbocycles. The van der Waals surface area contributed by atoms with Crippen LogP contribution in [0.1, 0.15) is 51.4 Å². The first-order chi connectivity index (χ1) is 7.21. The normalized spacial score (nSPS) is 48.7. The van der Waals surface area contributed by atoms with Crippen molar-refractivity contribution in [3.63, 3.8) is 0 Å². The van der Waals surface area contributed by atoms with Gasteiger partial charge < -0.3 is 5.73 Å². The predicted molar refractivity (Wildman–Crippen MR) is 59.0 cm³/mol. The van der Waals surface area contributed by atoms with E-state index >= 15 is 0 Å². The van der Waals surface area contributed by atoms with Gasteiger partial charge in [-0.1, -0.05) is 25.7 Å². The molecule has 2 nitrogen and oxygen atoms in total. The Hall–Kier alpha value is -0.530. The van der Waals surface area contributed by atoms with Crippen LogP contribution in [0.4, 0.5) is 0 Å². The number of hydrogen-bond acceptors (Lipinski definition) is 1. The molecule has 2 N–H and O–H groups in total. The lowest BCUT2D eigenvalue weighted by atomic mass is 9.65. The minimum atomic E-state index is -0.0377. The SMILES string of the molecule is NC(=O)C1CC12CCC1CCCCC1C2. The number of rotatable bonds is 1.